The van der Waals surface area contributed by atoms with Gasteiger partial charge in [-0.15, -0.1) is 0 Å². The monoisotopic (exact) mass is 294 g/mol. The Morgan fingerprint density at radius 2 is 2.15 bits per heavy atom. The van der Waals surface area contributed by atoms with Crippen molar-refractivity contribution in [2.75, 3.05) is 17.6 Å². The van der Waals surface area contributed by atoms with Crippen molar-refractivity contribution in [3.63, 3.8) is 0 Å². The van der Waals surface area contributed by atoms with Crippen LogP contribution in [0.1, 0.15) is 49.2 Å². The van der Waals surface area contributed by atoms with Gasteiger partial charge in [0.2, 0.25) is 0 Å². The van der Waals surface area contributed by atoms with Gasteiger partial charge in [0.05, 0.1) is 0 Å². The molecule has 1 aromatic heterocycles. The molecule has 1 heterocycles. The third-order valence-corrected chi connectivity index (χ3v) is 4.65. The third-order valence-electron chi connectivity index (χ3n) is 3.66. The maximum Gasteiger partial charge on any atom is 0.268 e. The van der Waals surface area contributed by atoms with Crippen LogP contribution in [0.4, 0.5) is 10.9 Å². The van der Waals surface area contributed by atoms with Crippen LogP contribution in [0.15, 0.2) is 0 Å². The molecule has 20 heavy (non-hydrogen) atoms. The summed E-state index contributed by atoms with van der Waals surface area (Å²) in [5.41, 5.74) is 5.93. The third kappa shape index (κ3) is 3.06. The van der Waals surface area contributed by atoms with Gasteiger partial charge >= 0.3 is 0 Å². The molecule has 0 saturated heterocycles. The molecule has 1 amide bonds. The minimum absolute atomic E-state index is 0.0752. The lowest BCUT2D eigenvalue weighted by atomic mass is 10.3. The Bertz CT molecular complexity index is 505. The molecule has 0 bridgehead atoms. The fourth-order valence-electron chi connectivity index (χ4n) is 2.29. The van der Waals surface area contributed by atoms with Gasteiger partial charge in [-0.1, -0.05) is 11.3 Å². The van der Waals surface area contributed by atoms with Crippen LogP contribution < -0.4 is 11.1 Å². The fourth-order valence-corrected chi connectivity index (χ4v) is 3.27. The molecule has 2 aliphatic rings. The van der Waals surface area contributed by atoms with Crippen molar-refractivity contribution in [1.29, 1.82) is 0 Å². The maximum atomic E-state index is 12.7. The largest absolute Gasteiger partial charge is 0.382 e. The average molecular weight is 294 g/mol. The first-order chi connectivity index (χ1) is 9.54. The van der Waals surface area contributed by atoms with Gasteiger partial charge in [0.25, 0.3) is 5.91 Å². The van der Waals surface area contributed by atoms with Gasteiger partial charge in [-0.2, -0.15) is 0 Å². The van der Waals surface area contributed by atoms with Crippen LogP contribution in [0.2, 0.25) is 0 Å². The topological polar surface area (TPSA) is 71.2 Å². The standard InChI is InChI=1S/C14H22N4OS/c1-8(2)16-14-17-12(15)11(20-14)13(19)18(10-5-6-10)7-9-3-4-9/h8-10H,3-7,15H2,1-2H3,(H,16,17). The Balaban J connectivity index is 1.75. The average Bonchev–Trinajstić information content (AvgIpc) is 3.24. The van der Waals surface area contributed by atoms with E-state index in [-0.39, 0.29) is 11.9 Å². The van der Waals surface area contributed by atoms with Crippen molar-refractivity contribution in [3.05, 3.63) is 4.88 Å². The summed E-state index contributed by atoms with van der Waals surface area (Å²) in [6.45, 7) is 4.99. The highest BCUT2D eigenvalue weighted by atomic mass is 32.1. The lowest BCUT2D eigenvalue weighted by molar-refractivity contribution is 0.0740. The second kappa shape index (κ2) is 5.24. The molecule has 6 heteroatoms. The second-order valence-corrected chi connectivity index (χ2v) is 7.16. The minimum atomic E-state index is 0.0752. The highest BCUT2D eigenvalue weighted by Gasteiger charge is 2.38. The number of rotatable bonds is 6. The first-order valence-electron chi connectivity index (χ1n) is 7.38. The van der Waals surface area contributed by atoms with Crippen LogP contribution in [0.3, 0.4) is 0 Å². The number of carbonyl (C=O) groups is 1. The van der Waals surface area contributed by atoms with E-state index < -0.39 is 0 Å². The molecular weight excluding hydrogens is 272 g/mol. The van der Waals surface area contributed by atoms with Crippen molar-refractivity contribution in [2.24, 2.45) is 5.92 Å². The Hall–Kier alpha value is -1.30. The zero-order valence-corrected chi connectivity index (χ0v) is 12.9. The normalized spacial score (nSPS) is 18.4. The van der Waals surface area contributed by atoms with Gasteiger partial charge in [-0.25, -0.2) is 4.98 Å². The molecule has 2 saturated carbocycles. The molecule has 110 valence electrons. The zero-order valence-electron chi connectivity index (χ0n) is 12.1. The van der Waals surface area contributed by atoms with Gasteiger partial charge in [0.1, 0.15) is 10.7 Å². The number of hydrogen-bond acceptors (Lipinski definition) is 5. The van der Waals surface area contributed by atoms with Gasteiger partial charge in [-0.3, -0.25) is 4.79 Å². The number of hydrogen-bond donors (Lipinski definition) is 2. The maximum absolute atomic E-state index is 12.7. The van der Waals surface area contributed by atoms with E-state index in [1.807, 2.05) is 18.7 Å². The lowest BCUT2D eigenvalue weighted by Crippen LogP contribution is -2.34. The minimum Gasteiger partial charge on any atom is -0.382 e. The van der Waals surface area contributed by atoms with E-state index in [0.29, 0.717) is 22.7 Å². The van der Waals surface area contributed by atoms with Crippen molar-refractivity contribution in [2.45, 2.75) is 51.6 Å². The molecule has 2 fully saturated rings. The molecule has 3 rings (SSSR count). The van der Waals surface area contributed by atoms with Crippen LogP contribution in [0.5, 0.6) is 0 Å². The molecule has 0 radical (unpaired) electrons. The molecule has 0 spiro atoms. The number of nitrogens with zero attached hydrogens (tertiary/aromatic N) is 2. The number of nitrogen functional groups attached to an aromatic ring is 1. The SMILES string of the molecule is CC(C)Nc1nc(N)c(C(=O)N(CC2CC2)C2CC2)s1. The predicted molar refractivity (Wildman–Crippen MR) is 82.1 cm³/mol. The van der Waals surface area contributed by atoms with Crippen molar-refractivity contribution >= 4 is 28.2 Å². The number of amides is 1. The fraction of sp³-hybridized carbons (Fsp3) is 0.714. The Kier molecular flexibility index (Phi) is 3.58. The summed E-state index contributed by atoms with van der Waals surface area (Å²) in [6.07, 6.45) is 4.78. The molecule has 0 atom stereocenters. The second-order valence-electron chi connectivity index (χ2n) is 6.16. The van der Waals surface area contributed by atoms with Crippen molar-refractivity contribution in [3.8, 4) is 0 Å². The van der Waals surface area contributed by atoms with Gasteiger partial charge < -0.3 is 16.0 Å². The summed E-state index contributed by atoms with van der Waals surface area (Å²) in [6, 6.07) is 0.723. The Morgan fingerprint density at radius 1 is 1.45 bits per heavy atom. The number of anilines is 2. The first-order valence-corrected chi connectivity index (χ1v) is 8.20. The number of nitrogens with two attached hydrogens (primary N) is 1. The van der Waals surface area contributed by atoms with E-state index in [0.717, 1.165) is 24.5 Å². The van der Waals surface area contributed by atoms with E-state index in [1.165, 1.54) is 24.2 Å². The quantitative estimate of drug-likeness (QED) is 0.846. The van der Waals surface area contributed by atoms with Crippen LogP contribution in [-0.4, -0.2) is 34.4 Å². The summed E-state index contributed by atoms with van der Waals surface area (Å²) >= 11 is 1.38. The Morgan fingerprint density at radius 3 is 2.70 bits per heavy atom. The van der Waals surface area contributed by atoms with E-state index in [4.69, 9.17) is 5.73 Å². The Labute approximate surface area is 123 Å². The van der Waals surface area contributed by atoms with Gasteiger partial charge in [-0.05, 0) is 45.4 Å². The summed E-state index contributed by atoms with van der Waals surface area (Å²) in [4.78, 5) is 19.6. The molecule has 1 aromatic rings. The molecule has 2 aliphatic carbocycles. The highest BCUT2D eigenvalue weighted by Crippen LogP contribution is 2.37. The first kappa shape index (κ1) is 13.7. The highest BCUT2D eigenvalue weighted by molar-refractivity contribution is 7.18. The van der Waals surface area contributed by atoms with E-state index in [1.54, 1.807) is 0 Å². The molecular formula is C14H22N4OS. The number of thiazole rings is 1. The van der Waals surface area contributed by atoms with E-state index >= 15 is 0 Å². The molecule has 0 unspecified atom stereocenters. The summed E-state index contributed by atoms with van der Waals surface area (Å²) in [7, 11) is 0. The van der Waals surface area contributed by atoms with E-state index in [2.05, 4.69) is 10.3 Å². The van der Waals surface area contributed by atoms with Crippen LogP contribution in [0.25, 0.3) is 0 Å². The molecule has 5 nitrogen and oxygen atoms in total. The van der Waals surface area contributed by atoms with Crippen LogP contribution >= 0.6 is 11.3 Å². The molecule has 0 aliphatic heterocycles. The summed E-state index contributed by atoms with van der Waals surface area (Å²) < 4.78 is 0. The van der Waals surface area contributed by atoms with E-state index in [9.17, 15) is 4.79 Å². The van der Waals surface area contributed by atoms with Crippen LogP contribution in [0, 0.1) is 5.92 Å². The smallest absolute Gasteiger partial charge is 0.268 e. The van der Waals surface area contributed by atoms with Gasteiger partial charge in [0.15, 0.2) is 5.13 Å². The lowest BCUT2D eigenvalue weighted by Gasteiger charge is -2.21. The molecule has 0 aromatic carbocycles. The number of aromatic nitrogens is 1. The number of nitrogens with one attached hydrogen (secondary N) is 1. The molecule has 3 N–H and O–H groups in total. The number of carbonyl (C=O) groups excluding carboxylic acids is 1. The summed E-state index contributed by atoms with van der Waals surface area (Å²) in [5.74, 6) is 1.15. The van der Waals surface area contributed by atoms with Crippen LogP contribution in [-0.2, 0) is 0 Å². The van der Waals surface area contributed by atoms with Crippen molar-refractivity contribution in [1.82, 2.24) is 9.88 Å². The summed E-state index contributed by atoms with van der Waals surface area (Å²) in [5, 5.41) is 3.95. The predicted octanol–water partition coefficient (Wildman–Crippen LogP) is 2.56. The zero-order chi connectivity index (χ0) is 14.3. The van der Waals surface area contributed by atoms with Crippen molar-refractivity contribution < 1.29 is 4.79 Å². The van der Waals surface area contributed by atoms with Gasteiger partial charge in [0, 0.05) is 18.6 Å².